The van der Waals surface area contributed by atoms with Crippen molar-refractivity contribution in [1.82, 2.24) is 5.43 Å². The number of methoxy groups -OCH3 is 1. The predicted octanol–water partition coefficient (Wildman–Crippen LogP) is 2.46. The monoisotopic (exact) mass is 216 g/mol. The molecule has 0 bridgehead atoms. The van der Waals surface area contributed by atoms with E-state index >= 15 is 0 Å². The maximum Gasteiger partial charge on any atom is 0.0623 e. The molecule has 92 valence electrons. The third-order valence-electron chi connectivity index (χ3n) is 3.44. The van der Waals surface area contributed by atoms with E-state index in [1.165, 1.54) is 12.8 Å². The van der Waals surface area contributed by atoms with Gasteiger partial charge < -0.3 is 4.74 Å². The van der Waals surface area contributed by atoms with Gasteiger partial charge in [-0.1, -0.05) is 26.7 Å². The molecule has 0 aliphatic carbocycles. The number of hydrogen-bond donors (Lipinski definition) is 2. The number of nitrogens with two attached hydrogens (primary N) is 1. The van der Waals surface area contributed by atoms with Gasteiger partial charge in [0.2, 0.25) is 0 Å². The van der Waals surface area contributed by atoms with Crippen LogP contribution in [-0.2, 0) is 4.74 Å². The zero-order chi connectivity index (χ0) is 11.9. The number of rotatable bonds is 8. The van der Waals surface area contributed by atoms with Gasteiger partial charge in [-0.3, -0.25) is 11.3 Å². The average Bonchev–Trinajstić information content (AvgIpc) is 2.24. The van der Waals surface area contributed by atoms with Crippen LogP contribution in [0.3, 0.4) is 0 Å². The Morgan fingerprint density at radius 2 is 1.80 bits per heavy atom. The first-order valence-electron chi connectivity index (χ1n) is 6.02. The average molecular weight is 216 g/mol. The van der Waals surface area contributed by atoms with Gasteiger partial charge in [0.25, 0.3) is 0 Å². The summed E-state index contributed by atoms with van der Waals surface area (Å²) in [6.45, 7) is 8.68. The highest BCUT2D eigenvalue weighted by Gasteiger charge is 2.22. The minimum atomic E-state index is -0.0405. The second kappa shape index (κ2) is 7.20. The normalized spacial score (nSPS) is 14.6. The van der Waals surface area contributed by atoms with Gasteiger partial charge in [-0.15, -0.1) is 0 Å². The van der Waals surface area contributed by atoms with Crippen LogP contribution in [0, 0.1) is 5.92 Å². The van der Waals surface area contributed by atoms with Gasteiger partial charge in [-0.05, 0) is 32.6 Å². The lowest BCUT2D eigenvalue weighted by molar-refractivity contribution is 0.0100. The van der Waals surface area contributed by atoms with E-state index in [0.29, 0.717) is 12.0 Å². The van der Waals surface area contributed by atoms with Crippen LogP contribution in [0.25, 0.3) is 0 Å². The lowest BCUT2D eigenvalue weighted by Gasteiger charge is -2.29. The smallest absolute Gasteiger partial charge is 0.0623 e. The van der Waals surface area contributed by atoms with E-state index in [1.807, 2.05) is 0 Å². The maximum absolute atomic E-state index is 5.60. The lowest BCUT2D eigenvalue weighted by Crippen LogP contribution is -2.42. The molecule has 0 spiro atoms. The van der Waals surface area contributed by atoms with Crippen LogP contribution in [0.2, 0.25) is 0 Å². The molecule has 0 aliphatic rings. The predicted molar refractivity (Wildman–Crippen MR) is 65.5 cm³/mol. The fraction of sp³-hybridized carbons (Fsp3) is 1.00. The van der Waals surface area contributed by atoms with Crippen LogP contribution in [0.4, 0.5) is 0 Å². The SMILES string of the molecule is CCC(CC)C(CCC(C)(C)OC)NN. The zero-order valence-corrected chi connectivity index (χ0v) is 11.0. The highest BCUT2D eigenvalue weighted by Crippen LogP contribution is 2.22. The first-order valence-corrected chi connectivity index (χ1v) is 6.02. The molecule has 0 radical (unpaired) electrons. The molecule has 1 atom stereocenters. The van der Waals surface area contributed by atoms with E-state index in [-0.39, 0.29) is 5.60 Å². The summed E-state index contributed by atoms with van der Waals surface area (Å²) in [5.74, 6) is 6.27. The summed E-state index contributed by atoms with van der Waals surface area (Å²) in [5.41, 5.74) is 2.90. The van der Waals surface area contributed by atoms with Gasteiger partial charge in [-0.25, -0.2) is 0 Å². The van der Waals surface area contributed by atoms with Crippen LogP contribution in [-0.4, -0.2) is 18.8 Å². The summed E-state index contributed by atoms with van der Waals surface area (Å²) in [4.78, 5) is 0. The van der Waals surface area contributed by atoms with Gasteiger partial charge in [0.1, 0.15) is 0 Å². The standard InChI is InChI=1S/C12H28N2O/c1-6-10(7-2)11(14-13)8-9-12(3,4)15-5/h10-11,14H,6-9,13H2,1-5H3. The van der Waals surface area contributed by atoms with Crippen LogP contribution >= 0.6 is 0 Å². The molecule has 0 amide bonds. The first kappa shape index (κ1) is 14.9. The Kier molecular flexibility index (Phi) is 7.14. The second-order valence-electron chi connectivity index (χ2n) is 4.85. The summed E-state index contributed by atoms with van der Waals surface area (Å²) >= 11 is 0. The molecule has 0 saturated carbocycles. The van der Waals surface area contributed by atoms with Crippen LogP contribution in [0.15, 0.2) is 0 Å². The van der Waals surface area contributed by atoms with Crippen molar-refractivity contribution in [1.29, 1.82) is 0 Å². The van der Waals surface area contributed by atoms with E-state index in [1.54, 1.807) is 7.11 Å². The molecule has 3 heteroatoms. The third kappa shape index (κ3) is 5.50. The van der Waals surface area contributed by atoms with E-state index in [0.717, 1.165) is 12.8 Å². The molecule has 0 aromatic rings. The van der Waals surface area contributed by atoms with Crippen molar-refractivity contribution >= 4 is 0 Å². The van der Waals surface area contributed by atoms with Crippen molar-refractivity contribution < 1.29 is 4.74 Å². The maximum atomic E-state index is 5.60. The van der Waals surface area contributed by atoms with E-state index < -0.39 is 0 Å². The molecule has 3 N–H and O–H groups in total. The summed E-state index contributed by atoms with van der Waals surface area (Å²) in [5, 5.41) is 0. The highest BCUT2D eigenvalue weighted by atomic mass is 16.5. The molecule has 0 aromatic carbocycles. The largest absolute Gasteiger partial charge is 0.379 e. The Bertz CT molecular complexity index is 156. The number of hydrogen-bond acceptors (Lipinski definition) is 3. The van der Waals surface area contributed by atoms with Crippen molar-refractivity contribution in [3.8, 4) is 0 Å². The molecule has 3 nitrogen and oxygen atoms in total. The van der Waals surface area contributed by atoms with Crippen molar-refractivity contribution in [3.63, 3.8) is 0 Å². The number of ether oxygens (including phenoxy) is 1. The van der Waals surface area contributed by atoms with Crippen molar-refractivity contribution in [3.05, 3.63) is 0 Å². The summed E-state index contributed by atoms with van der Waals surface area (Å²) < 4.78 is 5.41. The molecular formula is C12H28N2O. The Balaban J connectivity index is 4.10. The summed E-state index contributed by atoms with van der Waals surface area (Å²) in [7, 11) is 1.77. The van der Waals surface area contributed by atoms with Crippen molar-refractivity contribution in [2.24, 2.45) is 11.8 Å². The Labute approximate surface area is 94.7 Å². The first-order chi connectivity index (χ1) is 7.00. The molecule has 0 aliphatic heterocycles. The number of nitrogens with one attached hydrogen (secondary N) is 1. The topological polar surface area (TPSA) is 47.3 Å². The van der Waals surface area contributed by atoms with Gasteiger partial charge in [-0.2, -0.15) is 0 Å². The lowest BCUT2D eigenvalue weighted by atomic mass is 9.88. The minimum Gasteiger partial charge on any atom is -0.379 e. The molecule has 15 heavy (non-hydrogen) atoms. The van der Waals surface area contributed by atoms with E-state index in [4.69, 9.17) is 10.6 Å². The van der Waals surface area contributed by atoms with Crippen molar-refractivity contribution in [2.45, 2.75) is 65.0 Å². The van der Waals surface area contributed by atoms with Gasteiger partial charge in [0.15, 0.2) is 0 Å². The molecule has 0 saturated heterocycles. The van der Waals surface area contributed by atoms with Crippen LogP contribution in [0.1, 0.15) is 53.4 Å². The summed E-state index contributed by atoms with van der Waals surface area (Å²) in [6, 6.07) is 0.412. The Hall–Kier alpha value is -0.120. The van der Waals surface area contributed by atoms with Crippen molar-refractivity contribution in [2.75, 3.05) is 7.11 Å². The molecule has 0 heterocycles. The zero-order valence-electron chi connectivity index (χ0n) is 11.0. The third-order valence-corrected chi connectivity index (χ3v) is 3.44. The second-order valence-corrected chi connectivity index (χ2v) is 4.85. The van der Waals surface area contributed by atoms with E-state index in [9.17, 15) is 0 Å². The fourth-order valence-electron chi connectivity index (χ4n) is 1.92. The van der Waals surface area contributed by atoms with E-state index in [2.05, 4.69) is 33.1 Å². The minimum absolute atomic E-state index is 0.0405. The quantitative estimate of drug-likeness (QED) is 0.484. The fourth-order valence-corrected chi connectivity index (χ4v) is 1.92. The molecule has 0 fully saturated rings. The van der Waals surface area contributed by atoms with Crippen LogP contribution < -0.4 is 11.3 Å². The van der Waals surface area contributed by atoms with Gasteiger partial charge >= 0.3 is 0 Å². The van der Waals surface area contributed by atoms with Gasteiger partial charge in [0, 0.05) is 13.2 Å². The molecule has 0 aromatic heterocycles. The van der Waals surface area contributed by atoms with Crippen LogP contribution in [0.5, 0.6) is 0 Å². The molecular weight excluding hydrogens is 188 g/mol. The Morgan fingerprint density at radius 1 is 1.27 bits per heavy atom. The Morgan fingerprint density at radius 3 is 2.13 bits per heavy atom. The summed E-state index contributed by atoms with van der Waals surface area (Å²) in [6.07, 6.45) is 4.47. The van der Waals surface area contributed by atoms with Gasteiger partial charge in [0.05, 0.1) is 5.60 Å². The highest BCUT2D eigenvalue weighted by molar-refractivity contribution is 4.77. The molecule has 1 unspecified atom stereocenters. The number of hydrazine groups is 1. The molecule has 0 rings (SSSR count).